The Kier molecular flexibility index (Phi) is 7.81. The number of halogens is 2. The van der Waals surface area contributed by atoms with E-state index in [1.54, 1.807) is 42.5 Å². The van der Waals surface area contributed by atoms with E-state index in [2.05, 4.69) is 67.4 Å². The monoisotopic (exact) mass is 590 g/mol. The molecule has 0 aliphatic heterocycles. The summed E-state index contributed by atoms with van der Waals surface area (Å²) in [7, 11) is 0. The summed E-state index contributed by atoms with van der Waals surface area (Å²) in [6.45, 7) is 1.47. The van der Waals surface area contributed by atoms with Gasteiger partial charge in [-0.05, 0) is 76.4 Å². The minimum Gasteiger partial charge on any atom is -0.391 e. The zero-order valence-electron chi connectivity index (χ0n) is 14.2. The zero-order valence-corrected chi connectivity index (χ0v) is 18.5. The van der Waals surface area contributed by atoms with Gasteiger partial charge in [-0.3, -0.25) is 20.4 Å². The molecule has 0 bridgehead atoms. The molecule has 2 rings (SSSR count). The van der Waals surface area contributed by atoms with Gasteiger partial charge >= 0.3 is 0 Å². The van der Waals surface area contributed by atoms with E-state index in [0.717, 1.165) is 7.14 Å². The molecule has 7 nitrogen and oxygen atoms in total. The van der Waals surface area contributed by atoms with Crippen LogP contribution in [0.4, 0.5) is 5.69 Å². The van der Waals surface area contributed by atoms with Crippen molar-refractivity contribution in [2.45, 2.75) is 19.1 Å². The third-order valence-corrected chi connectivity index (χ3v) is 6.89. The van der Waals surface area contributed by atoms with Gasteiger partial charge in [0.25, 0.3) is 11.8 Å². The van der Waals surface area contributed by atoms with E-state index in [0.29, 0.717) is 16.8 Å². The van der Waals surface area contributed by atoms with Crippen molar-refractivity contribution in [3.63, 3.8) is 0 Å². The van der Waals surface area contributed by atoms with Crippen LogP contribution in [0.1, 0.15) is 22.8 Å². The molecule has 2 aromatic carbocycles. The molecule has 0 fully saturated rings. The Bertz CT molecular complexity index is 882. The van der Waals surface area contributed by atoms with Gasteiger partial charge in [0.2, 0.25) is 0 Å². The van der Waals surface area contributed by atoms with Crippen LogP contribution < -0.4 is 16.2 Å². The highest BCUT2D eigenvalue weighted by atomic mass is 127. The number of carbonyl (C=O) groups excluding carboxylic acids is 2. The van der Waals surface area contributed by atoms with Crippen molar-refractivity contribution >= 4 is 62.7 Å². The first kappa shape index (κ1) is 21.4. The molecule has 140 valence electrons. The molecular formula is C18H16I2N4O3. The van der Waals surface area contributed by atoms with Crippen LogP contribution in [0.5, 0.6) is 0 Å². The maximum Gasteiger partial charge on any atom is 0.269 e. The third-order valence-electron chi connectivity index (χ3n) is 3.61. The number of rotatable bonds is 5. The Morgan fingerprint density at radius 2 is 1.74 bits per heavy atom. The molecule has 2 atom stereocenters. The van der Waals surface area contributed by atoms with Gasteiger partial charge in [0.15, 0.2) is 0 Å². The summed E-state index contributed by atoms with van der Waals surface area (Å²) in [6.07, 6.45) is -1.03. The number of hydrogen-bond acceptors (Lipinski definition) is 5. The van der Waals surface area contributed by atoms with Crippen molar-refractivity contribution in [3.05, 3.63) is 60.7 Å². The van der Waals surface area contributed by atoms with Gasteiger partial charge < -0.3 is 10.4 Å². The van der Waals surface area contributed by atoms with Gasteiger partial charge in [0.05, 0.1) is 15.2 Å². The number of nitrogens with one attached hydrogen (secondary N) is 3. The molecule has 27 heavy (non-hydrogen) atoms. The maximum atomic E-state index is 12.4. The summed E-state index contributed by atoms with van der Waals surface area (Å²) in [4.78, 5) is 24.5. The quantitative estimate of drug-likeness (QED) is 0.316. The first-order valence-corrected chi connectivity index (χ1v) is 9.98. The van der Waals surface area contributed by atoms with E-state index in [4.69, 9.17) is 5.26 Å². The van der Waals surface area contributed by atoms with E-state index in [1.807, 2.05) is 0 Å². The highest BCUT2D eigenvalue weighted by Crippen LogP contribution is 2.27. The zero-order chi connectivity index (χ0) is 20.0. The molecule has 0 aromatic heterocycles. The van der Waals surface area contributed by atoms with Crippen molar-refractivity contribution in [2.24, 2.45) is 0 Å². The molecule has 9 heteroatoms. The van der Waals surface area contributed by atoms with Gasteiger partial charge in [-0.2, -0.15) is 5.26 Å². The van der Waals surface area contributed by atoms with Crippen molar-refractivity contribution in [3.8, 4) is 6.07 Å². The Hall–Kier alpha value is -1.91. The highest BCUT2D eigenvalue weighted by molar-refractivity contribution is 14.1. The topological polar surface area (TPSA) is 114 Å². The normalized spacial score (nSPS) is 12.4. The van der Waals surface area contributed by atoms with Crippen LogP contribution in [0, 0.1) is 18.5 Å². The van der Waals surface area contributed by atoms with Crippen LogP contribution in [-0.2, 0) is 4.79 Å². The average molecular weight is 590 g/mol. The van der Waals surface area contributed by atoms with Gasteiger partial charge in [-0.15, -0.1) is 0 Å². The lowest BCUT2D eigenvalue weighted by Crippen LogP contribution is -2.52. The number of aliphatic hydroxyl groups excluding tert-OH is 1. The number of benzene rings is 2. The smallest absolute Gasteiger partial charge is 0.269 e. The number of carbonyl (C=O) groups is 2. The number of amides is 2. The van der Waals surface area contributed by atoms with Gasteiger partial charge in [-0.1, -0.05) is 18.2 Å². The first-order valence-electron chi connectivity index (χ1n) is 7.83. The predicted octanol–water partition coefficient (Wildman–Crippen LogP) is 2.39. The standard InChI is InChI=1S/C18H16I2N4O3/c1-10(25)16(22-13-8-7-12(9-21)14(19)15(13)20)18(27)24-23-17(26)11-5-3-2-4-6-11/h2-8,10,16,22,25H,1H3,(H,23,26)(H,24,27)/t10-,16?/m0/s1. The maximum absolute atomic E-state index is 12.4. The predicted molar refractivity (Wildman–Crippen MR) is 118 cm³/mol. The molecule has 2 amide bonds. The Balaban J connectivity index is 2.09. The van der Waals surface area contributed by atoms with Crippen molar-refractivity contribution < 1.29 is 14.7 Å². The molecule has 4 N–H and O–H groups in total. The van der Waals surface area contributed by atoms with Gasteiger partial charge in [0.1, 0.15) is 12.1 Å². The van der Waals surface area contributed by atoms with E-state index < -0.39 is 24.0 Å². The summed E-state index contributed by atoms with van der Waals surface area (Å²) in [5, 5.41) is 22.0. The number of hydrazine groups is 1. The minimum atomic E-state index is -1.03. The number of anilines is 1. The van der Waals surface area contributed by atoms with E-state index in [-0.39, 0.29) is 0 Å². The van der Waals surface area contributed by atoms with E-state index in [1.165, 1.54) is 6.92 Å². The fourth-order valence-electron chi connectivity index (χ4n) is 2.18. The lowest BCUT2D eigenvalue weighted by molar-refractivity contribution is -0.124. The summed E-state index contributed by atoms with van der Waals surface area (Å²) in [6, 6.07) is 12.9. The highest BCUT2D eigenvalue weighted by Gasteiger charge is 2.25. The van der Waals surface area contributed by atoms with Gasteiger partial charge in [-0.25, -0.2) is 0 Å². The Morgan fingerprint density at radius 3 is 2.33 bits per heavy atom. The molecule has 0 spiro atoms. The second-order valence-electron chi connectivity index (χ2n) is 5.57. The van der Waals surface area contributed by atoms with Crippen molar-refractivity contribution in [2.75, 3.05) is 5.32 Å². The fourth-order valence-corrected chi connectivity index (χ4v) is 3.39. The van der Waals surface area contributed by atoms with Crippen LogP contribution in [-0.4, -0.2) is 29.1 Å². The van der Waals surface area contributed by atoms with E-state index >= 15 is 0 Å². The Morgan fingerprint density at radius 1 is 1.07 bits per heavy atom. The second-order valence-corrected chi connectivity index (χ2v) is 7.73. The third kappa shape index (κ3) is 5.53. The molecule has 0 aliphatic carbocycles. The molecule has 1 unspecified atom stereocenters. The average Bonchev–Trinajstić information content (AvgIpc) is 2.67. The van der Waals surface area contributed by atoms with E-state index in [9.17, 15) is 14.7 Å². The lowest BCUT2D eigenvalue weighted by atomic mass is 10.1. The molecule has 0 saturated carbocycles. The Labute approximate surface area is 183 Å². The molecule has 0 aliphatic rings. The van der Waals surface area contributed by atoms with Crippen LogP contribution in [0.3, 0.4) is 0 Å². The second kappa shape index (κ2) is 9.86. The van der Waals surface area contributed by atoms with Crippen molar-refractivity contribution in [1.82, 2.24) is 10.9 Å². The lowest BCUT2D eigenvalue weighted by Gasteiger charge is -2.23. The first-order chi connectivity index (χ1) is 12.8. The summed E-state index contributed by atoms with van der Waals surface area (Å²) in [5.41, 5.74) is 6.18. The fraction of sp³-hybridized carbons (Fsp3) is 0.167. The molecular weight excluding hydrogens is 574 g/mol. The van der Waals surface area contributed by atoms with Crippen LogP contribution in [0.15, 0.2) is 42.5 Å². The molecule has 2 aromatic rings. The summed E-state index contributed by atoms with van der Waals surface area (Å²) >= 11 is 4.12. The van der Waals surface area contributed by atoms with Crippen molar-refractivity contribution in [1.29, 1.82) is 5.26 Å². The van der Waals surface area contributed by atoms with Crippen LogP contribution >= 0.6 is 45.2 Å². The summed E-state index contributed by atoms with van der Waals surface area (Å²) < 4.78 is 1.52. The minimum absolute atomic E-state index is 0.399. The van der Waals surface area contributed by atoms with Gasteiger partial charge in [0, 0.05) is 14.8 Å². The van der Waals surface area contributed by atoms with Crippen LogP contribution in [0.2, 0.25) is 0 Å². The SMILES string of the molecule is C[C@H](O)C(Nc1ccc(C#N)c(I)c1I)C(=O)NNC(=O)c1ccccc1. The number of hydrogen-bond donors (Lipinski definition) is 4. The number of aliphatic hydroxyl groups is 1. The number of nitriles is 1. The molecule has 0 radical (unpaired) electrons. The molecule has 0 heterocycles. The number of nitrogens with zero attached hydrogens (tertiary/aromatic N) is 1. The van der Waals surface area contributed by atoms with Crippen LogP contribution in [0.25, 0.3) is 0 Å². The molecule has 0 saturated heterocycles. The summed E-state index contributed by atoms with van der Waals surface area (Å²) in [5.74, 6) is -1.06. The largest absolute Gasteiger partial charge is 0.391 e.